The number of aromatic amines is 1. The van der Waals surface area contributed by atoms with Gasteiger partial charge in [0.15, 0.2) is 0 Å². The van der Waals surface area contributed by atoms with Crippen LogP contribution in [0.1, 0.15) is 29.0 Å². The van der Waals surface area contributed by atoms with Gasteiger partial charge in [0, 0.05) is 43.4 Å². The van der Waals surface area contributed by atoms with Crippen molar-refractivity contribution < 1.29 is 4.79 Å². The lowest BCUT2D eigenvalue weighted by Crippen LogP contribution is -2.49. The molecule has 1 aliphatic rings. The molecule has 1 atom stereocenters. The van der Waals surface area contributed by atoms with Crippen molar-refractivity contribution in [1.29, 1.82) is 0 Å². The van der Waals surface area contributed by atoms with Crippen LogP contribution in [0.15, 0.2) is 36.5 Å². The Morgan fingerprint density at radius 2 is 1.95 bits per heavy atom. The molecular formula is C16H19ClN4O. The van der Waals surface area contributed by atoms with Crippen LogP contribution in [0.2, 0.25) is 5.02 Å². The van der Waals surface area contributed by atoms with E-state index in [1.165, 1.54) is 0 Å². The minimum Gasteiger partial charge on any atom is -0.335 e. The summed E-state index contributed by atoms with van der Waals surface area (Å²) in [7, 11) is 0. The fourth-order valence-corrected chi connectivity index (χ4v) is 3.16. The van der Waals surface area contributed by atoms with Crippen LogP contribution in [0.3, 0.4) is 0 Å². The highest BCUT2D eigenvalue weighted by Gasteiger charge is 2.26. The Morgan fingerprint density at radius 1 is 1.23 bits per heavy atom. The molecule has 2 aromatic rings. The SMILES string of the molecule is CC(c1ccccc1Cl)N1CCN(C(=O)c2ccn[nH]2)CC1. The molecule has 0 bridgehead atoms. The number of benzene rings is 1. The number of carbonyl (C=O) groups is 1. The number of H-pyrrole nitrogens is 1. The van der Waals surface area contributed by atoms with E-state index in [-0.39, 0.29) is 11.9 Å². The average Bonchev–Trinajstić information content (AvgIpc) is 3.09. The molecule has 5 nitrogen and oxygen atoms in total. The summed E-state index contributed by atoms with van der Waals surface area (Å²) in [6.45, 7) is 5.27. The standard InChI is InChI=1S/C16H19ClN4O/c1-12(13-4-2-3-5-14(13)17)20-8-10-21(11-9-20)16(22)15-6-7-18-19-15/h2-7,12H,8-11H2,1H3,(H,18,19). The van der Waals surface area contributed by atoms with E-state index in [1.807, 2.05) is 23.1 Å². The number of nitrogens with zero attached hydrogens (tertiary/aromatic N) is 3. The summed E-state index contributed by atoms with van der Waals surface area (Å²) in [5, 5.41) is 7.36. The monoisotopic (exact) mass is 318 g/mol. The molecule has 1 amide bonds. The van der Waals surface area contributed by atoms with E-state index >= 15 is 0 Å². The van der Waals surface area contributed by atoms with Crippen LogP contribution >= 0.6 is 11.6 Å². The number of halogens is 1. The third-order valence-electron chi connectivity index (χ3n) is 4.24. The van der Waals surface area contributed by atoms with E-state index < -0.39 is 0 Å². The Balaban J connectivity index is 1.62. The molecule has 116 valence electrons. The lowest BCUT2D eigenvalue weighted by atomic mass is 10.1. The highest BCUT2D eigenvalue weighted by molar-refractivity contribution is 6.31. The van der Waals surface area contributed by atoms with Crippen LogP contribution in [-0.2, 0) is 0 Å². The summed E-state index contributed by atoms with van der Waals surface area (Å²) in [4.78, 5) is 16.5. The maximum absolute atomic E-state index is 12.3. The summed E-state index contributed by atoms with van der Waals surface area (Å²) in [5.74, 6) is 0.0162. The van der Waals surface area contributed by atoms with Crippen LogP contribution in [0.4, 0.5) is 0 Å². The second-order valence-electron chi connectivity index (χ2n) is 5.50. The number of aromatic nitrogens is 2. The molecule has 2 heterocycles. The van der Waals surface area contributed by atoms with Crippen molar-refractivity contribution in [3.8, 4) is 0 Å². The maximum atomic E-state index is 12.3. The van der Waals surface area contributed by atoms with Gasteiger partial charge in [-0.05, 0) is 24.6 Å². The molecule has 3 rings (SSSR count). The number of hydrogen-bond donors (Lipinski definition) is 1. The van der Waals surface area contributed by atoms with Gasteiger partial charge in [0.25, 0.3) is 5.91 Å². The highest BCUT2D eigenvalue weighted by Crippen LogP contribution is 2.27. The van der Waals surface area contributed by atoms with E-state index in [0.717, 1.165) is 23.7 Å². The van der Waals surface area contributed by atoms with Crippen molar-refractivity contribution in [2.45, 2.75) is 13.0 Å². The molecule has 1 aromatic carbocycles. The van der Waals surface area contributed by atoms with Crippen molar-refractivity contribution in [3.05, 3.63) is 52.8 Å². The molecule has 1 fully saturated rings. The molecule has 1 saturated heterocycles. The minimum absolute atomic E-state index is 0.0162. The lowest BCUT2D eigenvalue weighted by Gasteiger charge is -2.38. The second kappa shape index (κ2) is 6.50. The zero-order chi connectivity index (χ0) is 15.5. The Kier molecular flexibility index (Phi) is 4.45. The van der Waals surface area contributed by atoms with Crippen molar-refractivity contribution in [2.24, 2.45) is 0 Å². The predicted octanol–water partition coefficient (Wildman–Crippen LogP) is 2.58. The molecule has 1 aliphatic heterocycles. The molecule has 0 spiro atoms. The third-order valence-corrected chi connectivity index (χ3v) is 4.58. The minimum atomic E-state index is 0.0162. The van der Waals surface area contributed by atoms with Crippen molar-refractivity contribution >= 4 is 17.5 Å². The highest BCUT2D eigenvalue weighted by atomic mass is 35.5. The van der Waals surface area contributed by atoms with Gasteiger partial charge >= 0.3 is 0 Å². The molecule has 0 saturated carbocycles. The smallest absolute Gasteiger partial charge is 0.271 e. The van der Waals surface area contributed by atoms with Gasteiger partial charge in [0.1, 0.15) is 5.69 Å². The fraction of sp³-hybridized carbons (Fsp3) is 0.375. The molecule has 1 N–H and O–H groups in total. The first-order valence-electron chi connectivity index (χ1n) is 7.44. The predicted molar refractivity (Wildman–Crippen MR) is 85.9 cm³/mol. The van der Waals surface area contributed by atoms with Gasteiger partial charge in [-0.2, -0.15) is 5.10 Å². The van der Waals surface area contributed by atoms with Gasteiger partial charge < -0.3 is 4.90 Å². The molecule has 1 unspecified atom stereocenters. The van der Waals surface area contributed by atoms with Gasteiger partial charge in [-0.25, -0.2) is 0 Å². The van der Waals surface area contributed by atoms with Crippen LogP contribution in [0, 0.1) is 0 Å². The summed E-state index contributed by atoms with van der Waals surface area (Å²) in [5.41, 5.74) is 1.69. The van der Waals surface area contributed by atoms with E-state index in [4.69, 9.17) is 11.6 Å². The van der Waals surface area contributed by atoms with Gasteiger partial charge in [-0.3, -0.25) is 14.8 Å². The topological polar surface area (TPSA) is 52.2 Å². The summed E-state index contributed by atoms with van der Waals surface area (Å²) in [6, 6.07) is 9.90. The largest absolute Gasteiger partial charge is 0.335 e. The van der Waals surface area contributed by atoms with E-state index in [1.54, 1.807) is 12.3 Å². The molecule has 22 heavy (non-hydrogen) atoms. The number of rotatable bonds is 3. The third kappa shape index (κ3) is 3.00. The van der Waals surface area contributed by atoms with Crippen LogP contribution in [-0.4, -0.2) is 52.1 Å². The molecule has 1 aromatic heterocycles. The van der Waals surface area contributed by atoms with Crippen LogP contribution < -0.4 is 0 Å². The number of nitrogens with one attached hydrogen (secondary N) is 1. The number of amides is 1. The van der Waals surface area contributed by atoms with Gasteiger partial charge in [-0.15, -0.1) is 0 Å². The first-order valence-corrected chi connectivity index (χ1v) is 7.81. The Labute approximate surface area is 134 Å². The molecule has 6 heteroatoms. The van der Waals surface area contributed by atoms with Gasteiger partial charge in [-0.1, -0.05) is 29.8 Å². The summed E-state index contributed by atoms with van der Waals surface area (Å²) in [6.07, 6.45) is 1.60. The first kappa shape index (κ1) is 15.1. The second-order valence-corrected chi connectivity index (χ2v) is 5.90. The zero-order valence-corrected chi connectivity index (χ0v) is 13.3. The van der Waals surface area contributed by atoms with Crippen LogP contribution in [0.25, 0.3) is 0 Å². The number of hydrogen-bond acceptors (Lipinski definition) is 3. The number of carbonyl (C=O) groups excluding carboxylic acids is 1. The zero-order valence-electron chi connectivity index (χ0n) is 12.5. The van der Waals surface area contributed by atoms with Crippen molar-refractivity contribution in [1.82, 2.24) is 20.0 Å². The van der Waals surface area contributed by atoms with Crippen molar-refractivity contribution in [2.75, 3.05) is 26.2 Å². The van der Waals surface area contributed by atoms with E-state index in [0.29, 0.717) is 18.8 Å². The van der Waals surface area contributed by atoms with E-state index in [9.17, 15) is 4.79 Å². The Hall–Kier alpha value is -1.85. The lowest BCUT2D eigenvalue weighted by molar-refractivity contribution is 0.0576. The van der Waals surface area contributed by atoms with E-state index in [2.05, 4.69) is 28.1 Å². The van der Waals surface area contributed by atoms with Gasteiger partial charge in [0.2, 0.25) is 0 Å². The average molecular weight is 319 g/mol. The summed E-state index contributed by atoms with van der Waals surface area (Å²) < 4.78 is 0. The fourth-order valence-electron chi connectivity index (χ4n) is 2.87. The van der Waals surface area contributed by atoms with Crippen molar-refractivity contribution in [3.63, 3.8) is 0 Å². The Morgan fingerprint density at radius 3 is 2.59 bits per heavy atom. The van der Waals surface area contributed by atoms with Gasteiger partial charge in [0.05, 0.1) is 0 Å². The molecular weight excluding hydrogens is 300 g/mol. The quantitative estimate of drug-likeness (QED) is 0.946. The summed E-state index contributed by atoms with van der Waals surface area (Å²) >= 11 is 6.28. The molecule has 0 radical (unpaired) electrons. The Bertz CT molecular complexity index is 635. The molecule has 0 aliphatic carbocycles. The first-order chi connectivity index (χ1) is 10.7. The normalized spacial score (nSPS) is 17.5. The van der Waals surface area contributed by atoms with Crippen LogP contribution in [0.5, 0.6) is 0 Å². The maximum Gasteiger partial charge on any atom is 0.271 e. The number of piperazine rings is 1.